The van der Waals surface area contributed by atoms with E-state index in [0.717, 1.165) is 18.7 Å². The van der Waals surface area contributed by atoms with Gasteiger partial charge in [0.1, 0.15) is 0 Å². The molecule has 0 N–H and O–H groups in total. The molecule has 1 aromatic carbocycles. The van der Waals surface area contributed by atoms with Crippen LogP contribution < -0.4 is 4.90 Å². The van der Waals surface area contributed by atoms with Crippen LogP contribution in [0, 0.1) is 0 Å². The molecule has 0 saturated carbocycles. The molecule has 1 aromatic rings. The zero-order valence-electron chi connectivity index (χ0n) is 11.4. The molecule has 0 unspecified atom stereocenters. The molecule has 0 aromatic heterocycles. The van der Waals surface area contributed by atoms with Crippen molar-refractivity contribution in [3.63, 3.8) is 0 Å². The molecule has 94 valence electrons. The zero-order valence-corrected chi connectivity index (χ0v) is 12.4. The third kappa shape index (κ3) is 5.17. The first-order valence-corrected chi connectivity index (χ1v) is 9.94. The maximum Gasteiger partial charge on any atom is 0.223 e. The fourth-order valence-corrected chi connectivity index (χ4v) is 3.06. The van der Waals surface area contributed by atoms with E-state index in [1.807, 2.05) is 35.2 Å². The summed E-state index contributed by atoms with van der Waals surface area (Å²) in [6.45, 7) is 9.58. The highest BCUT2D eigenvalue weighted by Crippen LogP contribution is 2.17. The summed E-state index contributed by atoms with van der Waals surface area (Å²) in [5.74, 6) is 0.131. The van der Waals surface area contributed by atoms with Gasteiger partial charge in [0.05, 0.1) is 0 Å². The Bertz CT molecular complexity index is 356. The largest absolute Gasteiger partial charge is 0.313 e. The number of amides is 1. The summed E-state index contributed by atoms with van der Waals surface area (Å²) in [6, 6.07) is 11.2. The van der Waals surface area contributed by atoms with Gasteiger partial charge in [-0.15, -0.1) is 0 Å². The van der Waals surface area contributed by atoms with E-state index in [1.54, 1.807) is 6.92 Å². The third-order valence-corrected chi connectivity index (χ3v) is 4.61. The van der Waals surface area contributed by atoms with Gasteiger partial charge in [0, 0.05) is 27.2 Å². The molecule has 0 radical (unpaired) electrons. The van der Waals surface area contributed by atoms with Crippen LogP contribution in [0.2, 0.25) is 25.7 Å². The van der Waals surface area contributed by atoms with Crippen molar-refractivity contribution in [2.24, 2.45) is 0 Å². The molecule has 0 bridgehead atoms. The number of benzene rings is 1. The Labute approximate surface area is 106 Å². The van der Waals surface area contributed by atoms with Gasteiger partial charge in [-0.2, -0.15) is 0 Å². The van der Waals surface area contributed by atoms with Gasteiger partial charge in [-0.1, -0.05) is 43.9 Å². The summed E-state index contributed by atoms with van der Waals surface area (Å²) < 4.78 is 0. The lowest BCUT2D eigenvalue weighted by Crippen LogP contribution is -2.31. The molecule has 0 fully saturated rings. The van der Waals surface area contributed by atoms with Crippen LogP contribution in [0.5, 0.6) is 0 Å². The second kappa shape index (κ2) is 6.01. The average Bonchev–Trinajstić information content (AvgIpc) is 2.23. The molecule has 0 aliphatic rings. The highest BCUT2D eigenvalue weighted by Gasteiger charge is 2.15. The van der Waals surface area contributed by atoms with Crippen molar-refractivity contribution in [3.05, 3.63) is 30.3 Å². The Morgan fingerprint density at radius 3 is 2.24 bits per heavy atom. The Morgan fingerprint density at radius 1 is 1.18 bits per heavy atom. The molecular formula is C14H23NOSi. The third-order valence-electron chi connectivity index (χ3n) is 2.76. The smallest absolute Gasteiger partial charge is 0.223 e. The highest BCUT2D eigenvalue weighted by molar-refractivity contribution is 6.76. The van der Waals surface area contributed by atoms with Gasteiger partial charge < -0.3 is 4.90 Å². The van der Waals surface area contributed by atoms with Crippen LogP contribution in [0.25, 0.3) is 0 Å². The van der Waals surface area contributed by atoms with E-state index in [1.165, 1.54) is 6.04 Å². The first-order valence-electron chi connectivity index (χ1n) is 6.23. The molecule has 3 heteroatoms. The number of hydrogen-bond donors (Lipinski definition) is 0. The van der Waals surface area contributed by atoms with Crippen LogP contribution in [0.3, 0.4) is 0 Å². The van der Waals surface area contributed by atoms with Crippen LogP contribution >= 0.6 is 0 Å². The van der Waals surface area contributed by atoms with E-state index in [2.05, 4.69) is 19.6 Å². The minimum absolute atomic E-state index is 0.131. The molecule has 0 atom stereocenters. The number of nitrogens with zero attached hydrogens (tertiary/aromatic N) is 1. The molecule has 0 heterocycles. The molecule has 1 rings (SSSR count). The monoisotopic (exact) mass is 249 g/mol. The second-order valence-corrected chi connectivity index (χ2v) is 11.3. The number of carbonyl (C=O) groups excluding carboxylic acids is 1. The van der Waals surface area contributed by atoms with Crippen LogP contribution in [0.4, 0.5) is 5.69 Å². The highest BCUT2D eigenvalue weighted by atomic mass is 28.3. The summed E-state index contributed by atoms with van der Waals surface area (Å²) in [6.07, 6.45) is 1.10. The van der Waals surface area contributed by atoms with E-state index in [4.69, 9.17) is 0 Å². The first kappa shape index (κ1) is 14.0. The fraction of sp³-hybridized carbons (Fsp3) is 0.500. The molecule has 0 spiro atoms. The summed E-state index contributed by atoms with van der Waals surface area (Å²) in [7, 11) is -0.998. The van der Waals surface area contributed by atoms with Crippen LogP contribution in [-0.4, -0.2) is 20.5 Å². The van der Waals surface area contributed by atoms with E-state index in [0.29, 0.717) is 0 Å². The number of carbonyl (C=O) groups is 1. The summed E-state index contributed by atoms with van der Waals surface area (Å²) in [5, 5.41) is 0. The van der Waals surface area contributed by atoms with Gasteiger partial charge in [-0.3, -0.25) is 4.79 Å². The average molecular weight is 249 g/mol. The number of para-hydroxylation sites is 1. The Balaban J connectivity index is 2.60. The van der Waals surface area contributed by atoms with Crippen LogP contribution in [0.15, 0.2) is 30.3 Å². The van der Waals surface area contributed by atoms with Crippen LogP contribution in [-0.2, 0) is 4.79 Å². The van der Waals surface area contributed by atoms with Crippen molar-refractivity contribution in [2.75, 3.05) is 11.4 Å². The minimum Gasteiger partial charge on any atom is -0.313 e. The molecule has 0 saturated heterocycles. The topological polar surface area (TPSA) is 20.3 Å². The molecule has 2 nitrogen and oxygen atoms in total. The predicted octanol–water partition coefficient (Wildman–Crippen LogP) is 3.77. The van der Waals surface area contributed by atoms with Gasteiger partial charge in [0.25, 0.3) is 0 Å². The number of rotatable bonds is 5. The molecule has 17 heavy (non-hydrogen) atoms. The SMILES string of the molecule is CC(=O)N(CCC[Si](C)(C)C)c1ccccc1. The lowest BCUT2D eigenvalue weighted by Gasteiger charge is -2.23. The Hall–Kier alpha value is -1.09. The lowest BCUT2D eigenvalue weighted by molar-refractivity contribution is -0.116. The van der Waals surface area contributed by atoms with Crippen molar-refractivity contribution < 1.29 is 4.79 Å². The first-order chi connectivity index (χ1) is 7.90. The fourth-order valence-electron chi connectivity index (χ4n) is 1.84. The lowest BCUT2D eigenvalue weighted by atomic mass is 10.2. The number of anilines is 1. The molecule has 1 amide bonds. The van der Waals surface area contributed by atoms with Crippen molar-refractivity contribution in [1.29, 1.82) is 0 Å². The van der Waals surface area contributed by atoms with Gasteiger partial charge >= 0.3 is 0 Å². The maximum absolute atomic E-state index is 11.6. The number of hydrogen-bond acceptors (Lipinski definition) is 1. The molecule has 0 aliphatic heterocycles. The van der Waals surface area contributed by atoms with E-state index < -0.39 is 8.07 Å². The Morgan fingerprint density at radius 2 is 1.76 bits per heavy atom. The van der Waals surface area contributed by atoms with Gasteiger partial charge in [-0.25, -0.2) is 0 Å². The zero-order chi connectivity index (χ0) is 12.9. The normalized spacial score (nSPS) is 11.3. The van der Waals surface area contributed by atoms with Crippen molar-refractivity contribution >= 4 is 19.7 Å². The van der Waals surface area contributed by atoms with Crippen molar-refractivity contribution in [2.45, 2.75) is 39.0 Å². The van der Waals surface area contributed by atoms with Crippen molar-refractivity contribution in [1.82, 2.24) is 0 Å². The summed E-state index contributed by atoms with van der Waals surface area (Å²) in [5.41, 5.74) is 1.01. The summed E-state index contributed by atoms with van der Waals surface area (Å²) >= 11 is 0. The second-order valence-electron chi connectivity index (χ2n) is 5.67. The maximum atomic E-state index is 11.6. The summed E-state index contributed by atoms with van der Waals surface area (Å²) in [4.78, 5) is 13.5. The van der Waals surface area contributed by atoms with E-state index in [-0.39, 0.29) is 5.91 Å². The van der Waals surface area contributed by atoms with Crippen molar-refractivity contribution in [3.8, 4) is 0 Å². The van der Waals surface area contributed by atoms with Gasteiger partial charge in [0.2, 0.25) is 5.91 Å². The van der Waals surface area contributed by atoms with Gasteiger partial charge in [0.15, 0.2) is 0 Å². The minimum atomic E-state index is -0.998. The van der Waals surface area contributed by atoms with E-state index >= 15 is 0 Å². The molecule has 0 aliphatic carbocycles. The standard InChI is InChI=1S/C14H23NOSi/c1-13(16)15(11-8-12-17(2,3)4)14-9-6-5-7-10-14/h5-7,9-10H,8,11-12H2,1-4H3. The van der Waals surface area contributed by atoms with E-state index in [9.17, 15) is 4.79 Å². The van der Waals surface area contributed by atoms with Crippen LogP contribution in [0.1, 0.15) is 13.3 Å². The molecular weight excluding hydrogens is 226 g/mol. The predicted molar refractivity (Wildman–Crippen MR) is 77.2 cm³/mol. The quantitative estimate of drug-likeness (QED) is 0.727. The Kier molecular flexibility index (Phi) is 4.94. The van der Waals surface area contributed by atoms with Gasteiger partial charge in [-0.05, 0) is 18.6 Å².